The van der Waals surface area contributed by atoms with Gasteiger partial charge in [-0.1, -0.05) is 38.3 Å². The smallest absolute Gasteiger partial charge is 0.0113 e. The van der Waals surface area contributed by atoms with Gasteiger partial charge in [0.2, 0.25) is 0 Å². The van der Waals surface area contributed by atoms with Gasteiger partial charge in [-0.15, -0.1) is 0 Å². The molecular weight excluding hydrogens is 156 g/mol. The van der Waals surface area contributed by atoms with E-state index in [-0.39, 0.29) is 0 Å². The highest BCUT2D eigenvalue weighted by Gasteiger charge is 2.40. The summed E-state index contributed by atoms with van der Waals surface area (Å²) in [4.78, 5) is 0. The Bertz CT molecular complexity index is 226. The highest BCUT2D eigenvalue weighted by Crippen LogP contribution is 2.50. The zero-order valence-electron chi connectivity index (χ0n) is 9.27. The molecule has 0 spiro atoms. The van der Waals surface area contributed by atoms with Crippen molar-refractivity contribution in [1.29, 1.82) is 0 Å². The van der Waals surface area contributed by atoms with Crippen LogP contribution in [0.25, 0.3) is 0 Å². The Balaban J connectivity index is 2.26. The molecule has 3 atom stereocenters. The number of fused-ring (bicyclic) bond motifs is 1. The minimum atomic E-state index is 0.556. The monoisotopic (exact) mass is 178 g/mol. The lowest BCUT2D eigenvalue weighted by molar-refractivity contribution is 0.0937. The lowest BCUT2D eigenvalue weighted by Crippen LogP contribution is -2.36. The molecule has 0 heterocycles. The lowest BCUT2D eigenvalue weighted by Gasteiger charge is -2.46. The molecule has 0 amide bonds. The third-order valence-corrected chi connectivity index (χ3v) is 4.33. The van der Waals surface area contributed by atoms with Gasteiger partial charge < -0.3 is 0 Å². The summed E-state index contributed by atoms with van der Waals surface area (Å²) in [6.45, 7) is 7.24. The molecule has 0 saturated heterocycles. The molecule has 0 N–H and O–H groups in total. The molecule has 13 heavy (non-hydrogen) atoms. The highest BCUT2D eigenvalue weighted by molar-refractivity contribution is 5.14. The molecule has 2 rings (SSSR count). The summed E-state index contributed by atoms with van der Waals surface area (Å²) in [5.41, 5.74) is 2.19. The molecule has 2 aliphatic carbocycles. The molecule has 0 nitrogen and oxygen atoms in total. The first-order valence-corrected chi connectivity index (χ1v) is 5.80. The molecule has 0 aromatic rings. The van der Waals surface area contributed by atoms with Crippen LogP contribution in [-0.2, 0) is 0 Å². The van der Waals surface area contributed by atoms with E-state index in [2.05, 4.69) is 26.8 Å². The maximum Gasteiger partial charge on any atom is -0.0113 e. The first-order chi connectivity index (χ1) is 6.12. The van der Waals surface area contributed by atoms with Crippen molar-refractivity contribution in [2.75, 3.05) is 0 Å². The Labute approximate surface area is 82.4 Å². The first kappa shape index (κ1) is 9.30. The molecule has 1 fully saturated rings. The third kappa shape index (κ3) is 1.56. The fourth-order valence-corrected chi connectivity index (χ4v) is 3.65. The average molecular weight is 178 g/mol. The van der Waals surface area contributed by atoms with E-state index in [1.54, 1.807) is 5.57 Å². The van der Waals surface area contributed by atoms with Gasteiger partial charge in [-0.25, -0.2) is 0 Å². The topological polar surface area (TPSA) is 0 Å². The largest absolute Gasteiger partial charge is 0.0794 e. The summed E-state index contributed by atoms with van der Waals surface area (Å²) in [6.07, 6.45) is 9.71. The van der Waals surface area contributed by atoms with E-state index >= 15 is 0 Å². The van der Waals surface area contributed by atoms with E-state index in [4.69, 9.17) is 0 Å². The Morgan fingerprint density at radius 1 is 1.38 bits per heavy atom. The molecule has 3 unspecified atom stereocenters. The van der Waals surface area contributed by atoms with Gasteiger partial charge >= 0.3 is 0 Å². The van der Waals surface area contributed by atoms with Crippen LogP contribution < -0.4 is 0 Å². The number of hydrogen-bond donors (Lipinski definition) is 0. The number of hydrogen-bond acceptors (Lipinski definition) is 0. The predicted octanol–water partition coefficient (Wildman–Crippen LogP) is 4.17. The molecular formula is C13H22. The van der Waals surface area contributed by atoms with Gasteiger partial charge in [0.05, 0.1) is 0 Å². The van der Waals surface area contributed by atoms with E-state index in [9.17, 15) is 0 Å². The zero-order valence-corrected chi connectivity index (χ0v) is 9.27. The fourth-order valence-electron chi connectivity index (χ4n) is 3.65. The van der Waals surface area contributed by atoms with E-state index in [0.29, 0.717) is 5.41 Å². The van der Waals surface area contributed by atoms with Crippen LogP contribution >= 0.6 is 0 Å². The minimum absolute atomic E-state index is 0.556. The Morgan fingerprint density at radius 2 is 2.15 bits per heavy atom. The molecule has 1 saturated carbocycles. The number of allylic oxidation sites excluding steroid dienone is 2. The molecule has 0 aromatic heterocycles. The van der Waals surface area contributed by atoms with Gasteiger partial charge in [0, 0.05) is 0 Å². The summed E-state index contributed by atoms with van der Waals surface area (Å²) in [7, 11) is 0. The van der Waals surface area contributed by atoms with Gasteiger partial charge in [0.1, 0.15) is 0 Å². The molecule has 0 radical (unpaired) electrons. The van der Waals surface area contributed by atoms with Crippen LogP contribution in [0.2, 0.25) is 0 Å². The SMILES string of the molecule is CC1=CC2(C)CCCC(C)C2CC1. The van der Waals surface area contributed by atoms with E-state index < -0.39 is 0 Å². The molecule has 0 bridgehead atoms. The summed E-state index contributed by atoms with van der Waals surface area (Å²) in [5, 5.41) is 0. The van der Waals surface area contributed by atoms with Crippen LogP contribution in [0.15, 0.2) is 11.6 Å². The molecule has 2 aliphatic rings. The Hall–Kier alpha value is -0.260. The van der Waals surface area contributed by atoms with Crippen molar-refractivity contribution in [2.24, 2.45) is 17.3 Å². The van der Waals surface area contributed by atoms with Crippen molar-refractivity contribution in [1.82, 2.24) is 0 Å². The molecule has 0 aromatic carbocycles. The van der Waals surface area contributed by atoms with Crippen LogP contribution in [0.3, 0.4) is 0 Å². The molecule has 0 heteroatoms. The van der Waals surface area contributed by atoms with Crippen molar-refractivity contribution in [3.63, 3.8) is 0 Å². The van der Waals surface area contributed by atoms with Crippen molar-refractivity contribution in [2.45, 2.75) is 52.9 Å². The summed E-state index contributed by atoms with van der Waals surface area (Å²) in [6, 6.07) is 0. The van der Waals surface area contributed by atoms with Gasteiger partial charge in [0.25, 0.3) is 0 Å². The Morgan fingerprint density at radius 3 is 2.92 bits per heavy atom. The van der Waals surface area contributed by atoms with Crippen molar-refractivity contribution in [3.8, 4) is 0 Å². The van der Waals surface area contributed by atoms with Gasteiger partial charge in [-0.3, -0.25) is 0 Å². The number of rotatable bonds is 0. The summed E-state index contributed by atoms with van der Waals surface area (Å²) in [5.74, 6) is 1.94. The molecule has 74 valence electrons. The van der Waals surface area contributed by atoms with Crippen molar-refractivity contribution >= 4 is 0 Å². The van der Waals surface area contributed by atoms with Crippen LogP contribution in [0.5, 0.6) is 0 Å². The van der Waals surface area contributed by atoms with E-state index in [1.807, 2.05) is 0 Å². The summed E-state index contributed by atoms with van der Waals surface area (Å²) >= 11 is 0. The second-order valence-electron chi connectivity index (χ2n) is 5.51. The standard InChI is InChI=1S/C13H22/c1-10-6-7-12-11(2)5-4-8-13(12,3)9-10/h9,11-12H,4-8H2,1-3H3. The summed E-state index contributed by atoms with van der Waals surface area (Å²) < 4.78 is 0. The van der Waals surface area contributed by atoms with Crippen LogP contribution in [-0.4, -0.2) is 0 Å². The van der Waals surface area contributed by atoms with E-state index in [1.165, 1.54) is 32.1 Å². The normalized spacial score (nSPS) is 45.3. The minimum Gasteiger partial charge on any atom is -0.0794 e. The third-order valence-electron chi connectivity index (χ3n) is 4.33. The maximum atomic E-state index is 2.58. The quantitative estimate of drug-likeness (QED) is 0.488. The van der Waals surface area contributed by atoms with Crippen LogP contribution in [0.4, 0.5) is 0 Å². The fraction of sp³-hybridized carbons (Fsp3) is 0.846. The van der Waals surface area contributed by atoms with Gasteiger partial charge in [-0.05, 0) is 43.4 Å². The van der Waals surface area contributed by atoms with E-state index in [0.717, 1.165) is 11.8 Å². The average Bonchev–Trinajstić information content (AvgIpc) is 2.02. The second kappa shape index (κ2) is 3.15. The Kier molecular flexibility index (Phi) is 2.25. The zero-order chi connectivity index (χ0) is 9.47. The van der Waals surface area contributed by atoms with Crippen molar-refractivity contribution < 1.29 is 0 Å². The predicted molar refractivity (Wildman–Crippen MR) is 57.6 cm³/mol. The van der Waals surface area contributed by atoms with Gasteiger partial charge in [-0.2, -0.15) is 0 Å². The van der Waals surface area contributed by atoms with Crippen molar-refractivity contribution in [3.05, 3.63) is 11.6 Å². The molecule has 0 aliphatic heterocycles. The van der Waals surface area contributed by atoms with Crippen LogP contribution in [0, 0.1) is 17.3 Å². The highest BCUT2D eigenvalue weighted by atomic mass is 14.4. The second-order valence-corrected chi connectivity index (χ2v) is 5.51. The maximum absolute atomic E-state index is 2.58. The van der Waals surface area contributed by atoms with Crippen LogP contribution in [0.1, 0.15) is 52.9 Å². The first-order valence-electron chi connectivity index (χ1n) is 5.80. The lowest BCUT2D eigenvalue weighted by atomic mass is 9.59. The van der Waals surface area contributed by atoms with Gasteiger partial charge in [0.15, 0.2) is 0 Å².